The molecule has 1 fully saturated rings. The second-order valence-corrected chi connectivity index (χ2v) is 7.70. The van der Waals surface area contributed by atoms with Crippen LogP contribution in [0.2, 0.25) is 0 Å². The quantitative estimate of drug-likeness (QED) is 0.611. The van der Waals surface area contributed by atoms with Crippen LogP contribution in [0.15, 0.2) is 23.1 Å². The second-order valence-electron chi connectivity index (χ2n) is 6.42. The van der Waals surface area contributed by atoms with Gasteiger partial charge in [0, 0.05) is 26.2 Å². The predicted octanol–water partition coefficient (Wildman–Crippen LogP) is 1.87. The monoisotopic (exact) mass is 406 g/mol. The van der Waals surface area contributed by atoms with Crippen LogP contribution in [0.5, 0.6) is 11.5 Å². The van der Waals surface area contributed by atoms with E-state index in [1.807, 2.05) is 6.92 Å². The van der Waals surface area contributed by atoms with E-state index >= 15 is 0 Å². The molecule has 0 radical (unpaired) electrons. The minimum atomic E-state index is -0.249. The summed E-state index contributed by atoms with van der Waals surface area (Å²) in [4.78, 5) is 30.2. The molecule has 1 aromatic rings. The van der Waals surface area contributed by atoms with E-state index < -0.39 is 0 Å². The first kappa shape index (κ1) is 20.7. The van der Waals surface area contributed by atoms with Crippen LogP contribution in [-0.2, 0) is 14.3 Å². The number of nitrogens with zero attached hydrogens (tertiary/aromatic N) is 2. The Bertz CT molecular complexity index is 774. The molecule has 0 atom stereocenters. The number of imide groups is 1. The summed E-state index contributed by atoms with van der Waals surface area (Å²) in [6, 6.07) is 5.30. The predicted molar refractivity (Wildman–Crippen MR) is 109 cm³/mol. The maximum absolute atomic E-state index is 13.1. The normalized spacial score (nSPS) is 18.2. The minimum absolute atomic E-state index is 0.213. The van der Waals surface area contributed by atoms with Crippen LogP contribution in [0.1, 0.15) is 12.5 Å². The Hall–Kier alpha value is -2.03. The van der Waals surface area contributed by atoms with Crippen LogP contribution in [-0.4, -0.2) is 81.0 Å². The molecule has 7 nitrogen and oxygen atoms in total. The van der Waals surface area contributed by atoms with Crippen LogP contribution in [0.4, 0.5) is 0 Å². The molecule has 152 valence electrons. The zero-order chi connectivity index (χ0) is 20.1. The lowest BCUT2D eigenvalue weighted by atomic mass is 10.1. The fraction of sp³-hybridized carbons (Fsp3) is 0.500. The van der Waals surface area contributed by atoms with E-state index in [1.165, 1.54) is 16.7 Å². The van der Waals surface area contributed by atoms with Crippen molar-refractivity contribution in [3.8, 4) is 11.5 Å². The number of hydrogen-bond donors (Lipinski definition) is 0. The van der Waals surface area contributed by atoms with Gasteiger partial charge < -0.3 is 14.2 Å². The summed E-state index contributed by atoms with van der Waals surface area (Å²) >= 11 is 1.40. The van der Waals surface area contributed by atoms with Crippen molar-refractivity contribution in [2.45, 2.75) is 6.92 Å². The molecule has 2 aliphatic heterocycles. The number of rotatable bonds is 8. The number of methoxy groups -OCH3 is 2. The smallest absolute Gasteiger partial charge is 0.268 e. The number of carbonyl (C=O) groups is 2. The molecule has 0 N–H and O–H groups in total. The van der Waals surface area contributed by atoms with Crippen molar-refractivity contribution < 1.29 is 23.8 Å². The Balaban J connectivity index is 1.85. The lowest BCUT2D eigenvalue weighted by Gasteiger charge is -2.28. The first-order valence-electron chi connectivity index (χ1n) is 9.36. The molecule has 1 aromatic carbocycles. The first-order chi connectivity index (χ1) is 13.6. The Labute approximate surface area is 169 Å². The SMILES string of the molecule is CCSC1=C(c2ccc(OC)c(OC)c2)C(=O)N(CCN2CCOCC2)C1=O. The van der Waals surface area contributed by atoms with Crippen molar-refractivity contribution in [2.75, 3.05) is 59.4 Å². The number of benzene rings is 1. The van der Waals surface area contributed by atoms with Gasteiger partial charge in [-0.3, -0.25) is 19.4 Å². The van der Waals surface area contributed by atoms with Gasteiger partial charge in [0.05, 0.1) is 37.9 Å². The van der Waals surface area contributed by atoms with Gasteiger partial charge in [-0.15, -0.1) is 11.8 Å². The average molecular weight is 407 g/mol. The molecule has 2 amide bonds. The van der Waals surface area contributed by atoms with Crippen molar-refractivity contribution in [1.29, 1.82) is 0 Å². The Kier molecular flexibility index (Phi) is 6.98. The van der Waals surface area contributed by atoms with Crippen molar-refractivity contribution in [2.24, 2.45) is 0 Å². The lowest BCUT2D eigenvalue weighted by molar-refractivity contribution is -0.136. The summed E-state index contributed by atoms with van der Waals surface area (Å²) in [6.07, 6.45) is 0. The van der Waals surface area contributed by atoms with E-state index in [0.717, 1.165) is 13.1 Å². The van der Waals surface area contributed by atoms with Crippen LogP contribution in [0.3, 0.4) is 0 Å². The minimum Gasteiger partial charge on any atom is -0.493 e. The molecule has 2 aliphatic rings. The molecule has 1 saturated heterocycles. The third-order valence-electron chi connectivity index (χ3n) is 4.83. The summed E-state index contributed by atoms with van der Waals surface area (Å²) in [7, 11) is 3.11. The van der Waals surface area contributed by atoms with E-state index in [4.69, 9.17) is 14.2 Å². The molecule has 0 aromatic heterocycles. The number of carbonyl (C=O) groups excluding carboxylic acids is 2. The number of ether oxygens (including phenoxy) is 3. The zero-order valence-corrected chi connectivity index (χ0v) is 17.3. The van der Waals surface area contributed by atoms with Crippen LogP contribution in [0, 0.1) is 0 Å². The average Bonchev–Trinajstić information content (AvgIpc) is 2.96. The topological polar surface area (TPSA) is 68.3 Å². The second kappa shape index (κ2) is 9.45. The molecule has 2 heterocycles. The van der Waals surface area contributed by atoms with Gasteiger partial charge in [0.25, 0.3) is 11.8 Å². The van der Waals surface area contributed by atoms with Crippen molar-refractivity contribution in [3.63, 3.8) is 0 Å². The van der Waals surface area contributed by atoms with E-state index in [1.54, 1.807) is 32.4 Å². The highest BCUT2D eigenvalue weighted by molar-refractivity contribution is 8.04. The zero-order valence-electron chi connectivity index (χ0n) is 16.5. The van der Waals surface area contributed by atoms with E-state index in [9.17, 15) is 9.59 Å². The molecular weight excluding hydrogens is 380 g/mol. The Morgan fingerprint density at radius 2 is 1.75 bits per heavy atom. The molecule has 0 unspecified atom stereocenters. The van der Waals surface area contributed by atoms with Crippen molar-refractivity contribution in [3.05, 3.63) is 28.7 Å². The van der Waals surface area contributed by atoms with Gasteiger partial charge in [-0.25, -0.2) is 0 Å². The number of morpholine rings is 1. The van der Waals surface area contributed by atoms with Gasteiger partial charge in [-0.1, -0.05) is 13.0 Å². The highest BCUT2D eigenvalue weighted by Gasteiger charge is 2.39. The summed E-state index contributed by atoms with van der Waals surface area (Å²) in [6.45, 7) is 6.03. The lowest BCUT2D eigenvalue weighted by Crippen LogP contribution is -2.43. The van der Waals surface area contributed by atoms with Crippen LogP contribution >= 0.6 is 11.8 Å². The highest BCUT2D eigenvalue weighted by Crippen LogP contribution is 2.38. The maximum Gasteiger partial charge on any atom is 0.268 e. The molecule has 0 bridgehead atoms. The van der Waals surface area contributed by atoms with Gasteiger partial charge >= 0.3 is 0 Å². The Morgan fingerprint density at radius 3 is 2.39 bits per heavy atom. The number of thioether (sulfide) groups is 1. The summed E-state index contributed by atoms with van der Waals surface area (Å²) in [5, 5.41) is 0. The fourth-order valence-electron chi connectivity index (χ4n) is 3.35. The highest BCUT2D eigenvalue weighted by atomic mass is 32.2. The van der Waals surface area contributed by atoms with Gasteiger partial charge in [-0.05, 0) is 23.4 Å². The standard InChI is InChI=1S/C20H26N2O5S/c1-4-28-18-17(14-5-6-15(25-2)16(13-14)26-3)19(23)22(20(18)24)8-7-21-9-11-27-12-10-21/h5-6,13H,4,7-12H2,1-3H3. The summed E-state index contributed by atoms with van der Waals surface area (Å²) in [5.41, 5.74) is 1.11. The number of hydrogen-bond acceptors (Lipinski definition) is 7. The third kappa shape index (κ3) is 4.19. The van der Waals surface area contributed by atoms with Gasteiger partial charge in [0.2, 0.25) is 0 Å². The van der Waals surface area contributed by atoms with Gasteiger partial charge in [0.1, 0.15) is 0 Å². The fourth-order valence-corrected chi connectivity index (χ4v) is 4.22. The van der Waals surface area contributed by atoms with Crippen LogP contribution < -0.4 is 9.47 Å². The van der Waals surface area contributed by atoms with Crippen molar-refractivity contribution in [1.82, 2.24) is 9.80 Å². The molecule has 28 heavy (non-hydrogen) atoms. The summed E-state index contributed by atoms with van der Waals surface area (Å²) in [5.74, 6) is 1.36. The third-order valence-corrected chi connectivity index (χ3v) is 5.79. The largest absolute Gasteiger partial charge is 0.493 e. The Morgan fingerprint density at radius 1 is 1.04 bits per heavy atom. The molecule has 0 aliphatic carbocycles. The van der Waals surface area contributed by atoms with Gasteiger partial charge in [-0.2, -0.15) is 0 Å². The first-order valence-corrected chi connectivity index (χ1v) is 10.3. The van der Waals surface area contributed by atoms with E-state index in [-0.39, 0.29) is 11.8 Å². The maximum atomic E-state index is 13.1. The van der Waals surface area contributed by atoms with E-state index in [0.29, 0.717) is 59.6 Å². The summed E-state index contributed by atoms with van der Waals surface area (Å²) < 4.78 is 16.0. The van der Waals surface area contributed by atoms with Crippen LogP contribution in [0.25, 0.3) is 5.57 Å². The molecular formula is C20H26N2O5S. The van der Waals surface area contributed by atoms with E-state index in [2.05, 4.69) is 4.90 Å². The van der Waals surface area contributed by atoms with Gasteiger partial charge in [0.15, 0.2) is 11.5 Å². The molecule has 0 spiro atoms. The van der Waals surface area contributed by atoms with Crippen molar-refractivity contribution >= 4 is 29.1 Å². The molecule has 0 saturated carbocycles. The molecule has 3 rings (SSSR count). The molecule has 8 heteroatoms. The number of amides is 2.